The number of amides is 1. The molecule has 1 aromatic heterocycles. The maximum absolute atomic E-state index is 12.7. The van der Waals surface area contributed by atoms with Gasteiger partial charge in [0.25, 0.3) is 0 Å². The van der Waals surface area contributed by atoms with Crippen molar-refractivity contribution in [3.8, 4) is 0 Å². The number of hydrogen-bond acceptors (Lipinski definition) is 3. The van der Waals surface area contributed by atoms with Crippen molar-refractivity contribution in [2.45, 2.75) is 51.5 Å². The van der Waals surface area contributed by atoms with Crippen LogP contribution in [0.25, 0.3) is 11.0 Å². The van der Waals surface area contributed by atoms with Gasteiger partial charge in [0.15, 0.2) is 0 Å². The highest BCUT2D eigenvalue weighted by molar-refractivity contribution is 5.88. The van der Waals surface area contributed by atoms with Gasteiger partial charge in [-0.2, -0.15) is 0 Å². The Bertz CT molecular complexity index is 760. The van der Waals surface area contributed by atoms with E-state index in [0.29, 0.717) is 12.3 Å². The molecule has 1 atom stereocenters. The van der Waals surface area contributed by atoms with Crippen LogP contribution in [0.2, 0.25) is 0 Å². The first kappa shape index (κ1) is 18.3. The zero-order valence-electron chi connectivity index (χ0n) is 14.8. The SMILES string of the molecule is CC(N)C1CCN(C(=O)Cc2coc3cc4c(cc23)CCC4)CC1.Cl. The fourth-order valence-electron chi connectivity index (χ4n) is 4.23. The minimum Gasteiger partial charge on any atom is -0.464 e. The van der Waals surface area contributed by atoms with E-state index in [1.165, 1.54) is 17.5 Å². The molecule has 1 fully saturated rings. The number of aryl methyl sites for hydroxylation is 2. The van der Waals surface area contributed by atoms with Crippen molar-refractivity contribution < 1.29 is 9.21 Å². The Labute approximate surface area is 155 Å². The van der Waals surface area contributed by atoms with Crippen molar-refractivity contribution in [2.75, 3.05) is 13.1 Å². The van der Waals surface area contributed by atoms with Gasteiger partial charge in [-0.15, -0.1) is 12.4 Å². The van der Waals surface area contributed by atoms with E-state index in [1.807, 2.05) is 4.90 Å². The number of benzene rings is 1. The van der Waals surface area contributed by atoms with E-state index in [-0.39, 0.29) is 24.4 Å². The van der Waals surface area contributed by atoms with Crippen LogP contribution in [0.3, 0.4) is 0 Å². The van der Waals surface area contributed by atoms with Crippen molar-refractivity contribution in [1.82, 2.24) is 4.90 Å². The summed E-state index contributed by atoms with van der Waals surface area (Å²) in [5.74, 6) is 0.757. The summed E-state index contributed by atoms with van der Waals surface area (Å²) < 4.78 is 5.72. The van der Waals surface area contributed by atoms with E-state index in [1.54, 1.807) is 6.26 Å². The molecule has 0 radical (unpaired) electrons. The standard InChI is InChI=1S/C20H26N2O2.ClH/c1-13(21)14-5-7-22(8-6-14)20(23)11-17-12-24-19-10-16-4-2-3-15(16)9-18(17)19;/h9-10,12-14H,2-8,11,21H2,1H3;1H. The number of halogens is 1. The molecule has 4 rings (SSSR count). The quantitative estimate of drug-likeness (QED) is 0.909. The fraction of sp³-hybridized carbons (Fsp3) is 0.550. The number of piperidine rings is 1. The maximum Gasteiger partial charge on any atom is 0.227 e. The lowest BCUT2D eigenvalue weighted by atomic mass is 9.90. The third-order valence-electron chi connectivity index (χ3n) is 5.85. The third-order valence-corrected chi connectivity index (χ3v) is 5.85. The topological polar surface area (TPSA) is 59.5 Å². The van der Waals surface area contributed by atoms with E-state index < -0.39 is 0 Å². The predicted molar refractivity (Wildman–Crippen MR) is 102 cm³/mol. The first-order valence-corrected chi connectivity index (χ1v) is 9.17. The van der Waals surface area contributed by atoms with Crippen LogP contribution in [0.4, 0.5) is 0 Å². The molecule has 0 spiro atoms. The summed E-state index contributed by atoms with van der Waals surface area (Å²) in [5.41, 5.74) is 10.8. The highest BCUT2D eigenvalue weighted by Crippen LogP contribution is 2.31. The number of carbonyl (C=O) groups excluding carboxylic acids is 1. The number of furan rings is 1. The number of fused-ring (bicyclic) bond motifs is 2. The van der Waals surface area contributed by atoms with Crippen LogP contribution in [0.1, 0.15) is 42.9 Å². The molecule has 1 aliphatic carbocycles. The molecule has 1 aromatic carbocycles. The highest BCUT2D eigenvalue weighted by atomic mass is 35.5. The molecular weight excluding hydrogens is 336 g/mol. The van der Waals surface area contributed by atoms with Gasteiger partial charge in [-0.05, 0) is 68.2 Å². The van der Waals surface area contributed by atoms with Gasteiger partial charge in [0.1, 0.15) is 5.58 Å². The first-order valence-electron chi connectivity index (χ1n) is 9.17. The van der Waals surface area contributed by atoms with Crippen LogP contribution in [0.15, 0.2) is 22.8 Å². The summed E-state index contributed by atoms with van der Waals surface area (Å²) in [6, 6.07) is 4.63. The summed E-state index contributed by atoms with van der Waals surface area (Å²) in [5, 5.41) is 1.12. The second kappa shape index (κ2) is 7.38. The molecule has 1 unspecified atom stereocenters. The Morgan fingerprint density at radius 3 is 2.64 bits per heavy atom. The summed E-state index contributed by atoms with van der Waals surface area (Å²) in [6.45, 7) is 3.73. The molecule has 2 aromatic rings. The molecule has 4 nitrogen and oxygen atoms in total. The largest absolute Gasteiger partial charge is 0.464 e. The third kappa shape index (κ3) is 3.56. The number of carbonyl (C=O) groups is 1. The Hall–Kier alpha value is -1.52. The fourth-order valence-corrected chi connectivity index (χ4v) is 4.23. The molecule has 1 saturated heterocycles. The molecule has 5 heteroatoms. The lowest BCUT2D eigenvalue weighted by molar-refractivity contribution is -0.131. The Morgan fingerprint density at radius 1 is 1.28 bits per heavy atom. The molecule has 1 amide bonds. The second-order valence-corrected chi connectivity index (χ2v) is 7.49. The van der Waals surface area contributed by atoms with Gasteiger partial charge in [0.05, 0.1) is 12.7 Å². The van der Waals surface area contributed by atoms with Gasteiger partial charge in [0.2, 0.25) is 5.91 Å². The van der Waals surface area contributed by atoms with Gasteiger partial charge >= 0.3 is 0 Å². The van der Waals surface area contributed by atoms with Crippen molar-refractivity contribution in [3.05, 3.63) is 35.1 Å². The minimum absolute atomic E-state index is 0. The van der Waals surface area contributed by atoms with Gasteiger partial charge in [-0.1, -0.05) is 0 Å². The zero-order valence-corrected chi connectivity index (χ0v) is 15.6. The molecule has 136 valence electrons. The van der Waals surface area contributed by atoms with Crippen LogP contribution < -0.4 is 5.73 Å². The van der Waals surface area contributed by atoms with Crippen LogP contribution in [0, 0.1) is 5.92 Å². The Balaban J connectivity index is 0.00000182. The molecular formula is C20H27ClN2O2. The molecule has 0 bridgehead atoms. The second-order valence-electron chi connectivity index (χ2n) is 7.49. The lowest BCUT2D eigenvalue weighted by Gasteiger charge is -2.33. The smallest absolute Gasteiger partial charge is 0.227 e. The summed E-state index contributed by atoms with van der Waals surface area (Å²) >= 11 is 0. The number of hydrogen-bond donors (Lipinski definition) is 1. The van der Waals surface area contributed by atoms with Crippen LogP contribution in [0.5, 0.6) is 0 Å². The van der Waals surface area contributed by atoms with Crippen LogP contribution >= 0.6 is 12.4 Å². The van der Waals surface area contributed by atoms with Crippen molar-refractivity contribution in [1.29, 1.82) is 0 Å². The normalized spacial score (nSPS) is 18.9. The minimum atomic E-state index is 0. The van der Waals surface area contributed by atoms with Crippen molar-refractivity contribution in [2.24, 2.45) is 11.7 Å². The number of rotatable bonds is 3. The number of nitrogens with zero attached hydrogens (tertiary/aromatic N) is 1. The van der Waals surface area contributed by atoms with Crippen LogP contribution in [-0.4, -0.2) is 29.9 Å². The van der Waals surface area contributed by atoms with Gasteiger partial charge < -0.3 is 15.1 Å². The van der Waals surface area contributed by atoms with E-state index in [9.17, 15) is 4.79 Å². The monoisotopic (exact) mass is 362 g/mol. The van der Waals surface area contributed by atoms with Crippen LogP contribution in [-0.2, 0) is 24.1 Å². The Morgan fingerprint density at radius 2 is 1.96 bits per heavy atom. The van der Waals surface area contributed by atoms with Crippen molar-refractivity contribution in [3.63, 3.8) is 0 Å². The summed E-state index contributed by atoms with van der Waals surface area (Å²) in [6.07, 6.45) is 7.77. The predicted octanol–water partition coefficient (Wildman–Crippen LogP) is 3.47. The van der Waals surface area contributed by atoms with Gasteiger partial charge in [-0.25, -0.2) is 0 Å². The molecule has 2 aliphatic rings. The van der Waals surface area contributed by atoms with Crippen molar-refractivity contribution >= 4 is 29.3 Å². The zero-order chi connectivity index (χ0) is 16.7. The van der Waals surface area contributed by atoms with E-state index in [0.717, 1.165) is 55.3 Å². The van der Waals surface area contributed by atoms with E-state index >= 15 is 0 Å². The van der Waals surface area contributed by atoms with E-state index in [4.69, 9.17) is 10.2 Å². The van der Waals surface area contributed by atoms with Gasteiger partial charge in [-0.3, -0.25) is 4.79 Å². The highest BCUT2D eigenvalue weighted by Gasteiger charge is 2.25. The van der Waals surface area contributed by atoms with Gasteiger partial charge in [0, 0.05) is 30.1 Å². The molecule has 25 heavy (non-hydrogen) atoms. The molecule has 2 N–H and O–H groups in total. The number of likely N-dealkylation sites (tertiary alicyclic amines) is 1. The maximum atomic E-state index is 12.7. The summed E-state index contributed by atoms with van der Waals surface area (Å²) in [4.78, 5) is 14.7. The molecule has 2 heterocycles. The molecule has 1 aliphatic heterocycles. The lowest BCUT2D eigenvalue weighted by Crippen LogP contribution is -2.43. The number of nitrogens with two attached hydrogens (primary N) is 1. The summed E-state index contributed by atoms with van der Waals surface area (Å²) in [7, 11) is 0. The van der Waals surface area contributed by atoms with E-state index in [2.05, 4.69) is 19.1 Å². The average Bonchev–Trinajstić information content (AvgIpc) is 3.19. The average molecular weight is 363 g/mol. The first-order chi connectivity index (χ1) is 11.6. The Kier molecular flexibility index (Phi) is 5.40. The molecule has 0 saturated carbocycles.